The van der Waals surface area contributed by atoms with Crippen molar-refractivity contribution in [1.29, 1.82) is 0 Å². The van der Waals surface area contributed by atoms with Crippen molar-refractivity contribution < 1.29 is 9.32 Å². The van der Waals surface area contributed by atoms with E-state index in [1.807, 2.05) is 32.3 Å². The standard InChI is InChI=1S/C23H33N5O2/c1-17-22(18(2)30-26-17)14-25-23(29)20-6-4-10-28(16-20)21-7-11-27(12-8-21)15-19-5-3-9-24-13-19/h3,5,9,13,20-21H,4,6-8,10-12,14-16H2,1-2H3,(H,25,29)/t20-/m0/s1. The Morgan fingerprint density at radius 2 is 2.07 bits per heavy atom. The quantitative estimate of drug-likeness (QED) is 0.788. The second-order valence-electron chi connectivity index (χ2n) is 8.72. The molecule has 2 aromatic heterocycles. The first-order valence-electron chi connectivity index (χ1n) is 11.1. The van der Waals surface area contributed by atoms with Crippen molar-refractivity contribution in [2.24, 2.45) is 5.92 Å². The third-order valence-electron chi connectivity index (χ3n) is 6.65. The van der Waals surface area contributed by atoms with Gasteiger partial charge >= 0.3 is 0 Å². The number of hydrogen-bond donors (Lipinski definition) is 1. The largest absolute Gasteiger partial charge is 0.361 e. The Morgan fingerprint density at radius 1 is 1.23 bits per heavy atom. The van der Waals surface area contributed by atoms with Crippen LogP contribution in [0.25, 0.3) is 0 Å². The minimum absolute atomic E-state index is 0.0765. The maximum atomic E-state index is 12.8. The summed E-state index contributed by atoms with van der Waals surface area (Å²) in [7, 11) is 0. The number of carbonyl (C=O) groups excluding carboxylic acids is 1. The maximum absolute atomic E-state index is 12.8. The molecular weight excluding hydrogens is 378 g/mol. The predicted octanol–water partition coefficient (Wildman–Crippen LogP) is 2.68. The fraction of sp³-hybridized carbons (Fsp3) is 0.609. The molecule has 7 nitrogen and oxygen atoms in total. The Kier molecular flexibility index (Phi) is 6.79. The lowest BCUT2D eigenvalue weighted by atomic mass is 9.93. The summed E-state index contributed by atoms with van der Waals surface area (Å²) < 4.78 is 5.20. The Balaban J connectivity index is 1.24. The number of piperidine rings is 2. The third kappa shape index (κ3) is 5.08. The molecule has 0 radical (unpaired) electrons. The highest BCUT2D eigenvalue weighted by molar-refractivity contribution is 5.79. The molecule has 30 heavy (non-hydrogen) atoms. The summed E-state index contributed by atoms with van der Waals surface area (Å²) in [6, 6.07) is 4.75. The summed E-state index contributed by atoms with van der Waals surface area (Å²) in [6.07, 6.45) is 8.21. The number of hydrogen-bond acceptors (Lipinski definition) is 6. The molecule has 2 aromatic rings. The van der Waals surface area contributed by atoms with Crippen LogP contribution < -0.4 is 5.32 Å². The SMILES string of the molecule is Cc1noc(C)c1CNC(=O)[C@H]1CCCN(C2CCN(Cc3cccnc3)CC2)C1. The van der Waals surface area contributed by atoms with Crippen molar-refractivity contribution >= 4 is 5.91 Å². The predicted molar refractivity (Wildman–Crippen MR) is 115 cm³/mol. The van der Waals surface area contributed by atoms with E-state index < -0.39 is 0 Å². The maximum Gasteiger partial charge on any atom is 0.224 e. The Bertz CT molecular complexity index is 810. The second-order valence-corrected chi connectivity index (χ2v) is 8.72. The van der Waals surface area contributed by atoms with Crippen molar-refractivity contribution in [1.82, 2.24) is 25.3 Å². The van der Waals surface area contributed by atoms with Gasteiger partial charge < -0.3 is 9.84 Å². The molecule has 4 rings (SSSR count). The van der Waals surface area contributed by atoms with Crippen LogP contribution in [0.5, 0.6) is 0 Å². The van der Waals surface area contributed by atoms with Crippen molar-refractivity contribution in [2.45, 2.75) is 58.7 Å². The molecule has 0 aliphatic carbocycles. The van der Waals surface area contributed by atoms with E-state index in [0.29, 0.717) is 12.6 Å². The topological polar surface area (TPSA) is 74.5 Å². The van der Waals surface area contributed by atoms with E-state index in [4.69, 9.17) is 4.52 Å². The molecule has 1 amide bonds. The highest BCUT2D eigenvalue weighted by Crippen LogP contribution is 2.25. The molecule has 2 aliphatic heterocycles. The smallest absolute Gasteiger partial charge is 0.224 e. The number of rotatable bonds is 6. The third-order valence-corrected chi connectivity index (χ3v) is 6.65. The number of nitrogens with one attached hydrogen (secondary N) is 1. The summed E-state index contributed by atoms with van der Waals surface area (Å²) in [5.74, 6) is 1.03. The summed E-state index contributed by atoms with van der Waals surface area (Å²) >= 11 is 0. The molecule has 2 saturated heterocycles. The fourth-order valence-electron chi connectivity index (χ4n) is 4.82. The van der Waals surface area contributed by atoms with Crippen LogP contribution in [0.3, 0.4) is 0 Å². The number of nitrogens with zero attached hydrogens (tertiary/aromatic N) is 4. The van der Waals surface area contributed by atoms with Gasteiger partial charge in [-0.1, -0.05) is 11.2 Å². The molecule has 0 aromatic carbocycles. The van der Waals surface area contributed by atoms with Crippen LogP contribution in [0.2, 0.25) is 0 Å². The number of carbonyl (C=O) groups is 1. The van der Waals surface area contributed by atoms with E-state index in [-0.39, 0.29) is 11.8 Å². The van der Waals surface area contributed by atoms with Crippen molar-refractivity contribution in [3.05, 3.63) is 47.1 Å². The van der Waals surface area contributed by atoms with E-state index >= 15 is 0 Å². The molecule has 162 valence electrons. The highest BCUT2D eigenvalue weighted by Gasteiger charge is 2.31. The average molecular weight is 412 g/mol. The Morgan fingerprint density at radius 3 is 2.77 bits per heavy atom. The zero-order valence-electron chi connectivity index (χ0n) is 18.1. The summed E-state index contributed by atoms with van der Waals surface area (Å²) in [6.45, 7) is 9.50. The lowest BCUT2D eigenvalue weighted by Crippen LogP contribution is -2.50. The number of pyridine rings is 1. The summed E-state index contributed by atoms with van der Waals surface area (Å²) in [4.78, 5) is 22.1. The van der Waals surface area contributed by atoms with Gasteiger partial charge in [-0.25, -0.2) is 0 Å². The summed E-state index contributed by atoms with van der Waals surface area (Å²) in [5.41, 5.74) is 3.14. The normalized spacial score (nSPS) is 21.6. The first-order chi connectivity index (χ1) is 14.6. The monoisotopic (exact) mass is 411 g/mol. The number of aromatic nitrogens is 2. The van der Waals surface area contributed by atoms with Crippen LogP contribution in [0.4, 0.5) is 0 Å². The molecule has 7 heteroatoms. The van der Waals surface area contributed by atoms with Gasteiger partial charge in [0.1, 0.15) is 5.76 Å². The molecular formula is C23H33N5O2. The molecule has 2 aliphatic rings. The number of likely N-dealkylation sites (tertiary alicyclic amines) is 2. The van der Waals surface area contributed by atoms with E-state index in [0.717, 1.165) is 62.6 Å². The van der Waals surface area contributed by atoms with Crippen LogP contribution in [0.1, 0.15) is 48.3 Å². The zero-order valence-corrected chi connectivity index (χ0v) is 18.1. The molecule has 0 bridgehead atoms. The second kappa shape index (κ2) is 9.71. The van der Waals surface area contributed by atoms with Gasteiger partial charge in [-0.05, 0) is 70.8 Å². The molecule has 4 heterocycles. The van der Waals surface area contributed by atoms with Crippen LogP contribution in [0.15, 0.2) is 29.0 Å². The van der Waals surface area contributed by atoms with E-state index in [1.165, 1.54) is 18.4 Å². The van der Waals surface area contributed by atoms with E-state index in [2.05, 4.69) is 31.3 Å². The first kappa shape index (κ1) is 21.0. The zero-order chi connectivity index (χ0) is 20.9. The van der Waals surface area contributed by atoms with Gasteiger partial charge in [0.05, 0.1) is 11.6 Å². The van der Waals surface area contributed by atoms with Crippen LogP contribution in [0, 0.1) is 19.8 Å². The fourth-order valence-corrected chi connectivity index (χ4v) is 4.82. The lowest BCUT2D eigenvalue weighted by molar-refractivity contribution is -0.127. The van der Waals surface area contributed by atoms with Gasteiger partial charge in [-0.15, -0.1) is 0 Å². The van der Waals surface area contributed by atoms with Gasteiger partial charge in [0, 0.05) is 43.6 Å². The number of amides is 1. The highest BCUT2D eigenvalue weighted by atomic mass is 16.5. The van der Waals surface area contributed by atoms with Gasteiger partial charge in [0.25, 0.3) is 0 Å². The average Bonchev–Trinajstić information content (AvgIpc) is 3.10. The van der Waals surface area contributed by atoms with Crippen LogP contribution >= 0.6 is 0 Å². The molecule has 1 atom stereocenters. The van der Waals surface area contributed by atoms with E-state index in [1.54, 1.807) is 0 Å². The van der Waals surface area contributed by atoms with Gasteiger partial charge in [-0.2, -0.15) is 0 Å². The molecule has 0 spiro atoms. The van der Waals surface area contributed by atoms with Crippen molar-refractivity contribution in [2.75, 3.05) is 26.2 Å². The summed E-state index contributed by atoms with van der Waals surface area (Å²) in [5, 5.41) is 7.08. The van der Waals surface area contributed by atoms with Crippen molar-refractivity contribution in [3.8, 4) is 0 Å². The molecule has 0 saturated carbocycles. The molecule has 0 unspecified atom stereocenters. The van der Waals surface area contributed by atoms with E-state index in [9.17, 15) is 4.79 Å². The van der Waals surface area contributed by atoms with Gasteiger partial charge in [-0.3, -0.25) is 19.6 Å². The number of aryl methyl sites for hydroxylation is 2. The Hall–Kier alpha value is -2.25. The first-order valence-corrected chi connectivity index (χ1v) is 11.1. The molecule has 1 N–H and O–H groups in total. The minimum atomic E-state index is 0.0765. The Labute approximate surface area is 178 Å². The van der Waals surface area contributed by atoms with Gasteiger partial charge in [0.15, 0.2) is 0 Å². The van der Waals surface area contributed by atoms with Gasteiger partial charge in [0.2, 0.25) is 5.91 Å². The lowest BCUT2D eigenvalue weighted by Gasteiger charge is -2.42. The van der Waals surface area contributed by atoms with Crippen LogP contribution in [-0.2, 0) is 17.9 Å². The molecule has 2 fully saturated rings. The van der Waals surface area contributed by atoms with Crippen LogP contribution in [-0.4, -0.2) is 58.1 Å². The minimum Gasteiger partial charge on any atom is -0.361 e. The van der Waals surface area contributed by atoms with Crippen molar-refractivity contribution in [3.63, 3.8) is 0 Å².